The van der Waals surface area contributed by atoms with Gasteiger partial charge >= 0.3 is 0 Å². The van der Waals surface area contributed by atoms with Crippen molar-refractivity contribution in [3.63, 3.8) is 0 Å². The van der Waals surface area contributed by atoms with Crippen LogP contribution in [0, 0.1) is 6.92 Å². The van der Waals surface area contributed by atoms with Crippen molar-refractivity contribution in [2.45, 2.75) is 20.4 Å². The Bertz CT molecular complexity index is 522. The first-order valence-electron chi connectivity index (χ1n) is 5.99. The minimum atomic E-state index is 0.622. The van der Waals surface area contributed by atoms with Crippen LogP contribution >= 0.6 is 11.3 Å². The van der Waals surface area contributed by atoms with E-state index in [0.717, 1.165) is 18.0 Å². The predicted octanol–water partition coefficient (Wildman–Crippen LogP) is 3.65. The number of rotatable bonds is 5. The average molecular weight is 262 g/mol. The third-order valence-corrected chi connectivity index (χ3v) is 3.71. The molecule has 2 rings (SSSR count). The lowest BCUT2D eigenvalue weighted by molar-refractivity contribution is 0.342. The molecule has 18 heavy (non-hydrogen) atoms. The summed E-state index contributed by atoms with van der Waals surface area (Å²) in [6.07, 6.45) is 0. The molecular formula is C14H18N2OS. The lowest BCUT2D eigenvalue weighted by atomic mass is 10.2. The maximum absolute atomic E-state index is 6.06. The summed E-state index contributed by atoms with van der Waals surface area (Å²) in [7, 11) is 0. The van der Waals surface area contributed by atoms with Crippen molar-refractivity contribution in [3.8, 4) is 5.75 Å². The van der Waals surface area contributed by atoms with Crippen LogP contribution in [0.5, 0.6) is 5.75 Å². The highest BCUT2D eigenvalue weighted by Crippen LogP contribution is 2.30. The fraction of sp³-hybridized carbons (Fsp3) is 0.286. The van der Waals surface area contributed by atoms with E-state index in [2.05, 4.69) is 23.0 Å². The zero-order valence-corrected chi connectivity index (χ0v) is 11.5. The van der Waals surface area contributed by atoms with Gasteiger partial charge in [0.05, 0.1) is 18.0 Å². The van der Waals surface area contributed by atoms with Crippen LogP contribution in [0.25, 0.3) is 0 Å². The number of para-hydroxylation sites is 1. The zero-order chi connectivity index (χ0) is 13.0. The fourth-order valence-corrected chi connectivity index (χ4v) is 2.59. The number of anilines is 2. The van der Waals surface area contributed by atoms with Gasteiger partial charge in [0.15, 0.2) is 0 Å². The van der Waals surface area contributed by atoms with E-state index in [1.54, 1.807) is 11.3 Å². The first kappa shape index (κ1) is 12.8. The third kappa shape index (κ3) is 2.76. The molecule has 0 unspecified atom stereocenters. The summed E-state index contributed by atoms with van der Waals surface area (Å²) >= 11 is 1.72. The number of benzene rings is 1. The van der Waals surface area contributed by atoms with E-state index in [-0.39, 0.29) is 0 Å². The largest absolute Gasteiger partial charge is 0.492 e. The molecule has 0 radical (unpaired) electrons. The zero-order valence-electron chi connectivity index (χ0n) is 10.7. The van der Waals surface area contributed by atoms with Crippen molar-refractivity contribution in [1.29, 1.82) is 0 Å². The van der Waals surface area contributed by atoms with Crippen molar-refractivity contribution < 1.29 is 4.74 Å². The second-order valence-electron chi connectivity index (χ2n) is 4.08. The van der Waals surface area contributed by atoms with Crippen LogP contribution < -0.4 is 15.8 Å². The van der Waals surface area contributed by atoms with Gasteiger partial charge in [-0.3, -0.25) is 0 Å². The van der Waals surface area contributed by atoms with Gasteiger partial charge < -0.3 is 15.8 Å². The van der Waals surface area contributed by atoms with Crippen LogP contribution in [0.15, 0.2) is 29.0 Å². The van der Waals surface area contributed by atoms with E-state index >= 15 is 0 Å². The molecule has 1 heterocycles. The number of aryl methyl sites for hydroxylation is 1. The van der Waals surface area contributed by atoms with Crippen molar-refractivity contribution >= 4 is 22.7 Å². The Morgan fingerprint density at radius 1 is 1.33 bits per heavy atom. The second-order valence-corrected chi connectivity index (χ2v) is 4.83. The van der Waals surface area contributed by atoms with Crippen molar-refractivity contribution in [2.75, 3.05) is 17.7 Å². The Kier molecular flexibility index (Phi) is 4.10. The summed E-state index contributed by atoms with van der Waals surface area (Å²) in [5.41, 5.74) is 10.3. The van der Waals surface area contributed by atoms with Gasteiger partial charge in [-0.1, -0.05) is 6.07 Å². The summed E-state index contributed by atoms with van der Waals surface area (Å²) in [5.74, 6) is 0.740. The molecule has 0 bridgehead atoms. The molecule has 0 atom stereocenters. The molecule has 0 aliphatic carbocycles. The molecule has 3 N–H and O–H groups in total. The van der Waals surface area contributed by atoms with Gasteiger partial charge in [0.2, 0.25) is 0 Å². The summed E-state index contributed by atoms with van der Waals surface area (Å²) in [5, 5.41) is 7.66. The quantitative estimate of drug-likeness (QED) is 0.809. The Morgan fingerprint density at radius 3 is 2.83 bits per heavy atom. The minimum absolute atomic E-state index is 0.622. The number of hydrogen-bond donors (Lipinski definition) is 2. The van der Waals surface area contributed by atoms with E-state index in [1.165, 1.54) is 11.1 Å². The number of hydrogen-bond acceptors (Lipinski definition) is 4. The molecule has 3 nitrogen and oxygen atoms in total. The maximum atomic E-state index is 6.06. The van der Waals surface area contributed by atoms with Gasteiger partial charge in [-0.15, -0.1) is 0 Å². The lowest BCUT2D eigenvalue weighted by Gasteiger charge is -2.13. The van der Waals surface area contributed by atoms with Gasteiger partial charge in [-0.2, -0.15) is 11.3 Å². The third-order valence-electron chi connectivity index (χ3n) is 2.80. The minimum Gasteiger partial charge on any atom is -0.492 e. The monoisotopic (exact) mass is 262 g/mol. The highest BCUT2D eigenvalue weighted by Gasteiger charge is 2.06. The Labute approximate surface area is 112 Å². The number of nitrogens with two attached hydrogens (primary N) is 1. The Hall–Kier alpha value is -1.68. The van der Waals surface area contributed by atoms with Crippen LogP contribution in [-0.4, -0.2) is 6.61 Å². The Balaban J connectivity index is 2.10. The van der Waals surface area contributed by atoms with Crippen molar-refractivity contribution in [2.24, 2.45) is 0 Å². The van der Waals surface area contributed by atoms with Crippen LogP contribution in [0.4, 0.5) is 11.4 Å². The molecule has 0 spiro atoms. The number of nitrogen functional groups attached to an aromatic ring is 1. The van der Waals surface area contributed by atoms with Crippen LogP contribution in [0.1, 0.15) is 18.1 Å². The van der Waals surface area contributed by atoms with Crippen LogP contribution in [0.3, 0.4) is 0 Å². The molecule has 1 aromatic carbocycles. The van der Waals surface area contributed by atoms with E-state index in [0.29, 0.717) is 12.3 Å². The predicted molar refractivity (Wildman–Crippen MR) is 78.4 cm³/mol. The second kappa shape index (κ2) is 5.78. The van der Waals surface area contributed by atoms with E-state index < -0.39 is 0 Å². The van der Waals surface area contributed by atoms with E-state index in [4.69, 9.17) is 10.5 Å². The van der Waals surface area contributed by atoms with Gasteiger partial charge in [-0.25, -0.2) is 0 Å². The molecule has 0 amide bonds. The number of nitrogens with one attached hydrogen (secondary N) is 1. The summed E-state index contributed by atoms with van der Waals surface area (Å²) in [6.45, 7) is 5.48. The Morgan fingerprint density at radius 2 is 2.17 bits per heavy atom. The van der Waals surface area contributed by atoms with Gasteiger partial charge in [0.25, 0.3) is 0 Å². The SMILES string of the molecule is CCOc1cccc(NCc2cscc2C)c1N. The highest BCUT2D eigenvalue weighted by atomic mass is 32.1. The summed E-state index contributed by atoms with van der Waals surface area (Å²) in [6, 6.07) is 5.81. The molecule has 1 aromatic heterocycles. The first-order valence-corrected chi connectivity index (χ1v) is 6.93. The molecule has 4 heteroatoms. The number of thiophene rings is 1. The van der Waals surface area contributed by atoms with Crippen LogP contribution in [-0.2, 0) is 6.54 Å². The van der Waals surface area contributed by atoms with Crippen LogP contribution in [0.2, 0.25) is 0 Å². The first-order chi connectivity index (χ1) is 8.72. The summed E-state index contributed by atoms with van der Waals surface area (Å²) in [4.78, 5) is 0. The van der Waals surface area contributed by atoms with Crippen molar-refractivity contribution in [1.82, 2.24) is 0 Å². The van der Waals surface area contributed by atoms with Gasteiger partial charge in [0.1, 0.15) is 5.75 Å². The molecule has 2 aromatic rings. The molecule has 0 fully saturated rings. The topological polar surface area (TPSA) is 47.3 Å². The lowest BCUT2D eigenvalue weighted by Crippen LogP contribution is -2.04. The van der Waals surface area contributed by atoms with Crippen molar-refractivity contribution in [3.05, 3.63) is 40.1 Å². The van der Waals surface area contributed by atoms with E-state index in [9.17, 15) is 0 Å². The summed E-state index contributed by atoms with van der Waals surface area (Å²) < 4.78 is 5.48. The molecule has 0 saturated carbocycles. The fourth-order valence-electron chi connectivity index (χ4n) is 1.74. The maximum Gasteiger partial charge on any atom is 0.144 e. The molecule has 96 valence electrons. The normalized spacial score (nSPS) is 10.3. The van der Waals surface area contributed by atoms with Gasteiger partial charge in [-0.05, 0) is 47.9 Å². The highest BCUT2D eigenvalue weighted by molar-refractivity contribution is 7.08. The molecule has 0 saturated heterocycles. The molecule has 0 aliphatic rings. The van der Waals surface area contributed by atoms with Gasteiger partial charge in [0, 0.05) is 6.54 Å². The standard InChI is InChI=1S/C14H18N2OS/c1-3-17-13-6-4-5-12(14(13)15)16-7-11-9-18-8-10(11)2/h4-6,8-9,16H,3,7,15H2,1-2H3. The molecule has 0 aliphatic heterocycles. The van der Waals surface area contributed by atoms with E-state index in [1.807, 2.05) is 25.1 Å². The number of ether oxygens (including phenoxy) is 1. The average Bonchev–Trinajstić information content (AvgIpc) is 2.76. The molecular weight excluding hydrogens is 244 g/mol. The smallest absolute Gasteiger partial charge is 0.144 e.